The van der Waals surface area contributed by atoms with Crippen LogP contribution in [0.5, 0.6) is 0 Å². The van der Waals surface area contributed by atoms with Gasteiger partial charge in [-0.1, -0.05) is 53.8 Å². The lowest BCUT2D eigenvalue weighted by Gasteiger charge is -2.03. The molecule has 0 radical (unpaired) electrons. The Morgan fingerprint density at radius 2 is 1.90 bits per heavy atom. The summed E-state index contributed by atoms with van der Waals surface area (Å²) in [4.78, 5) is 5.63. The second kappa shape index (κ2) is 4.42. The van der Waals surface area contributed by atoms with Gasteiger partial charge in [-0.05, 0) is 23.6 Å². The fourth-order valence-corrected chi connectivity index (χ4v) is 3.23. The predicted octanol–water partition coefficient (Wildman–Crippen LogP) is 3.97. The topological polar surface area (TPSA) is 30.2 Å². The molecule has 4 heteroatoms. The standard InChI is InChI=1S/C16H13N3S/c1-11-18-19-10-15(17-16(19)20-11)14-8-7-13(9-14)12-5-3-2-4-6-12/h2-8,10H,9H2,1H3. The van der Waals surface area contributed by atoms with E-state index in [1.807, 2.05) is 23.7 Å². The van der Waals surface area contributed by atoms with Crippen LogP contribution in [0.3, 0.4) is 0 Å². The highest BCUT2D eigenvalue weighted by Crippen LogP contribution is 2.33. The molecule has 1 aliphatic carbocycles. The van der Waals surface area contributed by atoms with Crippen molar-refractivity contribution >= 4 is 27.4 Å². The zero-order valence-corrected chi connectivity index (χ0v) is 11.9. The molecule has 0 aliphatic heterocycles. The number of hydrogen-bond acceptors (Lipinski definition) is 3. The molecule has 3 aromatic rings. The zero-order valence-electron chi connectivity index (χ0n) is 11.1. The van der Waals surface area contributed by atoms with Crippen molar-refractivity contribution in [3.8, 4) is 0 Å². The Hall–Kier alpha value is -2.20. The van der Waals surface area contributed by atoms with Gasteiger partial charge in [0, 0.05) is 6.42 Å². The van der Waals surface area contributed by atoms with Gasteiger partial charge in [-0.15, -0.1) is 0 Å². The Kier molecular flexibility index (Phi) is 2.57. The molecule has 1 aliphatic rings. The number of hydrogen-bond donors (Lipinski definition) is 0. The Morgan fingerprint density at radius 1 is 1.10 bits per heavy atom. The van der Waals surface area contributed by atoms with Gasteiger partial charge in [-0.25, -0.2) is 9.50 Å². The Labute approximate surface area is 120 Å². The molecule has 98 valence electrons. The van der Waals surface area contributed by atoms with E-state index in [-0.39, 0.29) is 0 Å². The number of fused-ring (bicyclic) bond motifs is 1. The van der Waals surface area contributed by atoms with Crippen LogP contribution in [0.2, 0.25) is 0 Å². The molecule has 0 bridgehead atoms. The van der Waals surface area contributed by atoms with Crippen LogP contribution >= 0.6 is 11.3 Å². The Balaban J connectivity index is 1.61. The summed E-state index contributed by atoms with van der Waals surface area (Å²) in [6, 6.07) is 10.5. The lowest BCUT2D eigenvalue weighted by Crippen LogP contribution is -1.85. The first kappa shape index (κ1) is 11.6. The smallest absolute Gasteiger partial charge is 0.212 e. The minimum Gasteiger partial charge on any atom is -0.218 e. The molecule has 0 saturated heterocycles. The van der Waals surface area contributed by atoms with Crippen molar-refractivity contribution in [1.29, 1.82) is 0 Å². The van der Waals surface area contributed by atoms with Crippen LogP contribution in [0.4, 0.5) is 0 Å². The maximum Gasteiger partial charge on any atom is 0.212 e. The minimum absolute atomic E-state index is 0.938. The molecule has 20 heavy (non-hydrogen) atoms. The summed E-state index contributed by atoms with van der Waals surface area (Å²) in [5, 5.41) is 5.45. The van der Waals surface area contributed by atoms with Gasteiger partial charge in [-0.2, -0.15) is 5.10 Å². The highest BCUT2D eigenvalue weighted by Gasteiger charge is 2.15. The van der Waals surface area contributed by atoms with E-state index in [0.717, 1.165) is 22.1 Å². The van der Waals surface area contributed by atoms with E-state index in [4.69, 9.17) is 0 Å². The van der Waals surface area contributed by atoms with Gasteiger partial charge in [-0.3, -0.25) is 0 Å². The summed E-state index contributed by atoms with van der Waals surface area (Å²) in [6.07, 6.45) is 7.32. The molecule has 4 rings (SSSR count). The first-order chi connectivity index (χ1) is 9.79. The molecule has 0 saturated carbocycles. The molecule has 0 atom stereocenters. The van der Waals surface area contributed by atoms with Crippen LogP contribution in [0.1, 0.15) is 22.7 Å². The minimum atomic E-state index is 0.938. The van der Waals surface area contributed by atoms with E-state index in [2.05, 4.69) is 46.5 Å². The second-order valence-corrected chi connectivity index (χ2v) is 6.06. The van der Waals surface area contributed by atoms with Crippen LogP contribution < -0.4 is 0 Å². The Morgan fingerprint density at radius 3 is 2.70 bits per heavy atom. The molecule has 2 aromatic heterocycles. The molecule has 3 nitrogen and oxygen atoms in total. The highest BCUT2D eigenvalue weighted by atomic mass is 32.1. The summed E-state index contributed by atoms with van der Waals surface area (Å²) >= 11 is 1.63. The SMILES string of the molecule is Cc1nn2cc(C3=CC=C(c4ccccc4)C3)nc2s1. The predicted molar refractivity (Wildman–Crippen MR) is 82.6 cm³/mol. The van der Waals surface area contributed by atoms with E-state index in [1.54, 1.807) is 11.3 Å². The normalized spacial score (nSPS) is 14.7. The van der Waals surface area contributed by atoms with E-state index in [1.165, 1.54) is 16.7 Å². The number of benzene rings is 1. The molecular weight excluding hydrogens is 266 g/mol. The summed E-state index contributed by atoms with van der Waals surface area (Å²) < 4.78 is 1.87. The van der Waals surface area contributed by atoms with E-state index in [0.29, 0.717) is 0 Å². The first-order valence-corrected chi connectivity index (χ1v) is 7.39. The van der Waals surface area contributed by atoms with Crippen LogP contribution in [0.15, 0.2) is 48.7 Å². The van der Waals surface area contributed by atoms with Gasteiger partial charge < -0.3 is 0 Å². The largest absolute Gasteiger partial charge is 0.218 e. The van der Waals surface area contributed by atoms with Gasteiger partial charge in [0.15, 0.2) is 0 Å². The molecule has 0 spiro atoms. The van der Waals surface area contributed by atoms with Crippen molar-refractivity contribution in [3.63, 3.8) is 0 Å². The van der Waals surface area contributed by atoms with Crippen LogP contribution in [0.25, 0.3) is 16.1 Å². The molecular formula is C16H13N3S. The average molecular weight is 279 g/mol. The zero-order chi connectivity index (χ0) is 13.5. The van der Waals surface area contributed by atoms with E-state index >= 15 is 0 Å². The third-order valence-electron chi connectivity index (χ3n) is 3.48. The number of allylic oxidation sites excluding steroid dienone is 4. The number of rotatable bonds is 2. The van der Waals surface area contributed by atoms with Crippen molar-refractivity contribution in [1.82, 2.24) is 14.6 Å². The van der Waals surface area contributed by atoms with Crippen LogP contribution in [-0.4, -0.2) is 14.6 Å². The van der Waals surface area contributed by atoms with Gasteiger partial charge in [0.2, 0.25) is 4.96 Å². The number of nitrogens with zero attached hydrogens (tertiary/aromatic N) is 3. The van der Waals surface area contributed by atoms with Crippen LogP contribution in [0, 0.1) is 6.92 Å². The van der Waals surface area contributed by atoms with Crippen molar-refractivity contribution in [3.05, 3.63) is 64.9 Å². The van der Waals surface area contributed by atoms with Gasteiger partial charge in [0.05, 0.1) is 11.9 Å². The molecule has 0 N–H and O–H groups in total. The summed E-state index contributed by atoms with van der Waals surface area (Å²) in [7, 11) is 0. The molecule has 0 fully saturated rings. The fourth-order valence-electron chi connectivity index (χ4n) is 2.51. The van der Waals surface area contributed by atoms with Crippen molar-refractivity contribution in [2.45, 2.75) is 13.3 Å². The second-order valence-electron chi connectivity index (χ2n) is 4.90. The number of aryl methyl sites for hydroxylation is 1. The van der Waals surface area contributed by atoms with Gasteiger partial charge in [0.25, 0.3) is 0 Å². The quantitative estimate of drug-likeness (QED) is 0.710. The average Bonchev–Trinajstić information content (AvgIpc) is 3.12. The van der Waals surface area contributed by atoms with Crippen molar-refractivity contribution in [2.24, 2.45) is 0 Å². The summed E-state index contributed by atoms with van der Waals surface area (Å²) in [5.74, 6) is 0. The molecule has 1 aromatic carbocycles. The number of aromatic nitrogens is 3. The van der Waals surface area contributed by atoms with E-state index in [9.17, 15) is 0 Å². The van der Waals surface area contributed by atoms with E-state index < -0.39 is 0 Å². The van der Waals surface area contributed by atoms with Gasteiger partial charge >= 0.3 is 0 Å². The molecule has 0 amide bonds. The lowest BCUT2D eigenvalue weighted by molar-refractivity contribution is 0.945. The van der Waals surface area contributed by atoms with Crippen LogP contribution in [-0.2, 0) is 0 Å². The molecule has 0 unspecified atom stereocenters. The Bertz CT molecular complexity index is 806. The molecule has 2 heterocycles. The monoisotopic (exact) mass is 279 g/mol. The first-order valence-electron chi connectivity index (χ1n) is 6.58. The lowest BCUT2D eigenvalue weighted by atomic mass is 10.0. The highest BCUT2D eigenvalue weighted by molar-refractivity contribution is 7.16. The van der Waals surface area contributed by atoms with Crippen molar-refractivity contribution < 1.29 is 0 Å². The maximum atomic E-state index is 4.66. The summed E-state index contributed by atoms with van der Waals surface area (Å²) in [6.45, 7) is 2.00. The fraction of sp³-hybridized carbons (Fsp3) is 0.125. The third-order valence-corrected chi connectivity index (χ3v) is 4.32. The third kappa shape index (κ3) is 1.89. The maximum absolute atomic E-state index is 4.66. The van der Waals surface area contributed by atoms with Gasteiger partial charge in [0.1, 0.15) is 5.01 Å². The van der Waals surface area contributed by atoms with Crippen molar-refractivity contribution in [2.75, 3.05) is 0 Å². The number of imidazole rings is 1. The summed E-state index contributed by atoms with van der Waals surface area (Å²) in [5.41, 5.74) is 4.93.